The fourth-order valence-electron chi connectivity index (χ4n) is 2.05. The topological polar surface area (TPSA) is 20.2 Å². The first-order chi connectivity index (χ1) is 6.49. The Morgan fingerprint density at radius 3 is 1.71 bits per heavy atom. The van der Waals surface area contributed by atoms with Crippen LogP contribution in [0.5, 0.6) is 0 Å². The Labute approximate surface area is 89.9 Å². The van der Waals surface area contributed by atoms with Crippen LogP contribution < -0.4 is 0 Å². The number of hydrogen-bond donors (Lipinski definition) is 1. The molecule has 0 aliphatic rings. The van der Waals surface area contributed by atoms with Gasteiger partial charge in [0.05, 0.1) is 6.10 Å². The van der Waals surface area contributed by atoms with Crippen molar-refractivity contribution in [1.82, 2.24) is 0 Å². The summed E-state index contributed by atoms with van der Waals surface area (Å²) in [4.78, 5) is 0. The minimum Gasteiger partial charge on any atom is -0.392 e. The van der Waals surface area contributed by atoms with Gasteiger partial charge in [-0.3, -0.25) is 0 Å². The third-order valence-corrected chi connectivity index (χ3v) is 3.48. The molecule has 0 saturated carbocycles. The molecule has 0 aromatic rings. The first kappa shape index (κ1) is 14.0. The predicted molar refractivity (Wildman–Crippen MR) is 63.4 cm³/mol. The van der Waals surface area contributed by atoms with Crippen LogP contribution in [0.15, 0.2) is 0 Å². The Morgan fingerprint density at radius 1 is 1.00 bits per heavy atom. The summed E-state index contributed by atoms with van der Waals surface area (Å²) in [6, 6.07) is 0. The van der Waals surface area contributed by atoms with E-state index < -0.39 is 0 Å². The Bertz CT molecular complexity index is 134. The van der Waals surface area contributed by atoms with E-state index in [0.29, 0.717) is 5.92 Å². The molecule has 0 aromatic carbocycles. The van der Waals surface area contributed by atoms with Gasteiger partial charge in [0, 0.05) is 0 Å². The second kappa shape index (κ2) is 6.44. The molecule has 14 heavy (non-hydrogen) atoms. The summed E-state index contributed by atoms with van der Waals surface area (Å²) in [5, 5.41) is 10.3. The second-order valence-electron chi connectivity index (χ2n) is 5.12. The lowest BCUT2D eigenvalue weighted by molar-refractivity contribution is -0.00750. The molecule has 1 unspecified atom stereocenters. The fraction of sp³-hybridized carbons (Fsp3) is 1.00. The second-order valence-corrected chi connectivity index (χ2v) is 5.12. The van der Waals surface area contributed by atoms with Crippen LogP contribution in [0.3, 0.4) is 0 Å². The molecule has 0 spiro atoms. The lowest BCUT2D eigenvalue weighted by atomic mass is 9.75. The minimum atomic E-state index is -0.132. The van der Waals surface area contributed by atoms with Gasteiger partial charge < -0.3 is 5.11 Å². The van der Waals surface area contributed by atoms with Gasteiger partial charge in [-0.2, -0.15) is 0 Å². The van der Waals surface area contributed by atoms with E-state index in [2.05, 4.69) is 34.6 Å². The van der Waals surface area contributed by atoms with Crippen molar-refractivity contribution in [3.8, 4) is 0 Å². The standard InChI is InChI=1S/C13H28O/c1-6-9-11(10-7-2)12(14)13(4,5)8-3/h11-12,14H,6-10H2,1-5H3. The van der Waals surface area contributed by atoms with Crippen molar-refractivity contribution in [1.29, 1.82) is 0 Å². The predicted octanol–water partition coefficient (Wildman–Crippen LogP) is 4.00. The van der Waals surface area contributed by atoms with Crippen molar-refractivity contribution in [3.05, 3.63) is 0 Å². The highest BCUT2D eigenvalue weighted by Crippen LogP contribution is 2.33. The van der Waals surface area contributed by atoms with Gasteiger partial charge in [0.15, 0.2) is 0 Å². The van der Waals surface area contributed by atoms with Crippen molar-refractivity contribution >= 4 is 0 Å². The van der Waals surface area contributed by atoms with Gasteiger partial charge in [0.25, 0.3) is 0 Å². The zero-order chi connectivity index (χ0) is 11.2. The van der Waals surface area contributed by atoms with E-state index in [4.69, 9.17) is 0 Å². The van der Waals surface area contributed by atoms with Crippen LogP contribution in [0, 0.1) is 11.3 Å². The Hall–Kier alpha value is -0.0400. The van der Waals surface area contributed by atoms with E-state index in [-0.39, 0.29) is 11.5 Å². The molecule has 1 atom stereocenters. The van der Waals surface area contributed by atoms with Gasteiger partial charge in [0.2, 0.25) is 0 Å². The van der Waals surface area contributed by atoms with Crippen molar-refractivity contribution in [3.63, 3.8) is 0 Å². The van der Waals surface area contributed by atoms with Crippen molar-refractivity contribution < 1.29 is 5.11 Å². The van der Waals surface area contributed by atoms with Crippen LogP contribution in [0.25, 0.3) is 0 Å². The molecular weight excluding hydrogens is 172 g/mol. The molecular formula is C13H28O. The highest BCUT2D eigenvalue weighted by Gasteiger charge is 2.31. The maximum absolute atomic E-state index is 10.3. The molecule has 0 saturated heterocycles. The van der Waals surface area contributed by atoms with Crippen molar-refractivity contribution in [2.24, 2.45) is 11.3 Å². The van der Waals surface area contributed by atoms with E-state index in [0.717, 1.165) is 6.42 Å². The van der Waals surface area contributed by atoms with Crippen LogP contribution >= 0.6 is 0 Å². The first-order valence-electron chi connectivity index (χ1n) is 6.17. The molecule has 1 heteroatoms. The third-order valence-electron chi connectivity index (χ3n) is 3.48. The van der Waals surface area contributed by atoms with Crippen molar-refractivity contribution in [2.45, 2.75) is 72.8 Å². The quantitative estimate of drug-likeness (QED) is 0.658. The van der Waals surface area contributed by atoms with E-state index >= 15 is 0 Å². The summed E-state index contributed by atoms with van der Waals surface area (Å²) in [5.41, 5.74) is 0.0784. The summed E-state index contributed by atoms with van der Waals surface area (Å²) in [6.45, 7) is 10.9. The minimum absolute atomic E-state index is 0.0784. The SMILES string of the molecule is CCCC(CCC)C(O)C(C)(C)CC. The first-order valence-corrected chi connectivity index (χ1v) is 6.17. The average Bonchev–Trinajstić information content (AvgIpc) is 2.16. The van der Waals surface area contributed by atoms with Gasteiger partial charge >= 0.3 is 0 Å². The molecule has 86 valence electrons. The van der Waals surface area contributed by atoms with Crippen LogP contribution in [0.1, 0.15) is 66.7 Å². The Morgan fingerprint density at radius 2 is 1.43 bits per heavy atom. The number of rotatable bonds is 7. The number of hydrogen-bond acceptors (Lipinski definition) is 1. The normalized spacial score (nSPS) is 14.8. The summed E-state index contributed by atoms with van der Waals surface area (Å²) in [5.74, 6) is 0.500. The number of aliphatic hydroxyl groups excluding tert-OH is 1. The lowest BCUT2D eigenvalue weighted by Gasteiger charge is -2.35. The molecule has 0 amide bonds. The zero-order valence-corrected chi connectivity index (χ0v) is 10.6. The molecule has 0 aromatic heterocycles. The third kappa shape index (κ3) is 4.00. The zero-order valence-electron chi connectivity index (χ0n) is 10.6. The monoisotopic (exact) mass is 200 g/mol. The molecule has 1 nitrogen and oxygen atoms in total. The van der Waals surface area contributed by atoms with E-state index in [1.54, 1.807) is 0 Å². The van der Waals surface area contributed by atoms with Gasteiger partial charge in [-0.25, -0.2) is 0 Å². The summed E-state index contributed by atoms with van der Waals surface area (Å²) < 4.78 is 0. The van der Waals surface area contributed by atoms with Gasteiger partial charge in [-0.15, -0.1) is 0 Å². The van der Waals surface area contributed by atoms with Crippen molar-refractivity contribution in [2.75, 3.05) is 0 Å². The van der Waals surface area contributed by atoms with Gasteiger partial charge in [-0.05, 0) is 30.6 Å². The summed E-state index contributed by atoms with van der Waals surface area (Å²) in [7, 11) is 0. The van der Waals surface area contributed by atoms with Crippen LogP contribution in [-0.4, -0.2) is 11.2 Å². The Balaban J connectivity index is 4.33. The van der Waals surface area contributed by atoms with E-state index in [1.807, 2.05) is 0 Å². The maximum atomic E-state index is 10.3. The van der Waals surface area contributed by atoms with Crippen LogP contribution in [-0.2, 0) is 0 Å². The maximum Gasteiger partial charge on any atom is 0.0619 e. The highest BCUT2D eigenvalue weighted by atomic mass is 16.3. The molecule has 0 bridgehead atoms. The number of aliphatic hydroxyl groups is 1. The molecule has 0 fully saturated rings. The molecule has 0 radical (unpaired) electrons. The molecule has 0 heterocycles. The molecule has 0 aliphatic heterocycles. The van der Waals surface area contributed by atoms with Gasteiger partial charge in [0.1, 0.15) is 0 Å². The largest absolute Gasteiger partial charge is 0.392 e. The van der Waals surface area contributed by atoms with E-state index in [9.17, 15) is 5.11 Å². The average molecular weight is 200 g/mol. The fourth-order valence-corrected chi connectivity index (χ4v) is 2.05. The molecule has 1 N–H and O–H groups in total. The highest BCUT2D eigenvalue weighted by molar-refractivity contribution is 4.82. The van der Waals surface area contributed by atoms with Gasteiger partial charge in [-0.1, -0.05) is 47.5 Å². The lowest BCUT2D eigenvalue weighted by Crippen LogP contribution is -2.35. The molecule has 0 aliphatic carbocycles. The van der Waals surface area contributed by atoms with Crippen LogP contribution in [0.4, 0.5) is 0 Å². The Kier molecular flexibility index (Phi) is 6.43. The smallest absolute Gasteiger partial charge is 0.0619 e. The summed E-state index contributed by atoms with van der Waals surface area (Å²) >= 11 is 0. The van der Waals surface area contributed by atoms with Crippen LogP contribution in [0.2, 0.25) is 0 Å². The van der Waals surface area contributed by atoms with E-state index in [1.165, 1.54) is 25.7 Å². The summed E-state index contributed by atoms with van der Waals surface area (Å²) in [6.07, 6.45) is 5.62. The molecule has 0 rings (SSSR count).